The summed E-state index contributed by atoms with van der Waals surface area (Å²) >= 11 is 0. The maximum Gasteiger partial charge on any atom is 0.317 e. The number of carbonyl (C=O) groups excluding carboxylic acids is 2. The van der Waals surface area contributed by atoms with Crippen LogP contribution in [0.15, 0.2) is 24.3 Å². The summed E-state index contributed by atoms with van der Waals surface area (Å²) in [6.07, 6.45) is 0.135. The Balaban J connectivity index is 1.31. The Morgan fingerprint density at radius 2 is 1.88 bits per heavy atom. The SMILES string of the molecule is CC1(C)[C@@H]2CN(C(=O)NCCNC(=O)Cc3cccc(F)c3)C[C@H]21. The number of carbonyl (C=O) groups is 2. The predicted molar refractivity (Wildman–Crippen MR) is 88.8 cm³/mol. The van der Waals surface area contributed by atoms with Crippen molar-refractivity contribution in [3.63, 3.8) is 0 Å². The molecular formula is C18H24FN3O2. The summed E-state index contributed by atoms with van der Waals surface area (Å²) in [4.78, 5) is 25.7. The van der Waals surface area contributed by atoms with Gasteiger partial charge in [0.05, 0.1) is 6.42 Å². The van der Waals surface area contributed by atoms with Crippen molar-refractivity contribution in [2.24, 2.45) is 17.3 Å². The van der Waals surface area contributed by atoms with Gasteiger partial charge in [0.2, 0.25) is 5.91 Å². The van der Waals surface area contributed by atoms with Gasteiger partial charge in [0, 0.05) is 26.2 Å². The van der Waals surface area contributed by atoms with E-state index in [1.165, 1.54) is 12.1 Å². The van der Waals surface area contributed by atoms with Gasteiger partial charge in [0.1, 0.15) is 5.82 Å². The minimum atomic E-state index is -0.348. The Morgan fingerprint density at radius 1 is 1.21 bits per heavy atom. The molecule has 1 heterocycles. The summed E-state index contributed by atoms with van der Waals surface area (Å²) in [6.45, 7) is 6.93. The molecule has 1 saturated heterocycles. The van der Waals surface area contributed by atoms with Gasteiger partial charge >= 0.3 is 6.03 Å². The number of hydrogen-bond donors (Lipinski definition) is 2. The molecule has 1 aliphatic carbocycles. The smallest absolute Gasteiger partial charge is 0.317 e. The summed E-state index contributed by atoms with van der Waals surface area (Å²) in [5, 5.41) is 5.57. The van der Waals surface area contributed by atoms with E-state index < -0.39 is 0 Å². The van der Waals surface area contributed by atoms with Crippen molar-refractivity contribution in [3.8, 4) is 0 Å². The van der Waals surface area contributed by atoms with Crippen LogP contribution in [-0.4, -0.2) is 43.0 Å². The van der Waals surface area contributed by atoms with Gasteiger partial charge in [0.15, 0.2) is 0 Å². The third-order valence-corrected chi connectivity index (χ3v) is 5.39. The second-order valence-electron chi connectivity index (χ2n) is 7.33. The van der Waals surface area contributed by atoms with Crippen molar-refractivity contribution in [1.82, 2.24) is 15.5 Å². The maximum absolute atomic E-state index is 13.1. The molecule has 3 amide bonds. The molecule has 2 aliphatic rings. The fourth-order valence-corrected chi connectivity index (χ4v) is 3.68. The highest BCUT2D eigenvalue weighted by atomic mass is 19.1. The van der Waals surface area contributed by atoms with Gasteiger partial charge < -0.3 is 15.5 Å². The highest BCUT2D eigenvalue weighted by molar-refractivity contribution is 5.78. The topological polar surface area (TPSA) is 61.4 Å². The van der Waals surface area contributed by atoms with Crippen LogP contribution < -0.4 is 10.6 Å². The highest BCUT2D eigenvalue weighted by Gasteiger charge is 2.62. The van der Waals surface area contributed by atoms with E-state index in [0.29, 0.717) is 35.9 Å². The first kappa shape index (κ1) is 16.7. The van der Waals surface area contributed by atoms with E-state index >= 15 is 0 Å². The van der Waals surface area contributed by atoms with Crippen LogP contribution in [0.1, 0.15) is 19.4 Å². The van der Waals surface area contributed by atoms with Gasteiger partial charge in [-0.15, -0.1) is 0 Å². The van der Waals surface area contributed by atoms with Gasteiger partial charge in [-0.1, -0.05) is 26.0 Å². The van der Waals surface area contributed by atoms with E-state index in [1.807, 2.05) is 4.90 Å². The minimum Gasteiger partial charge on any atom is -0.354 e. The Bertz CT molecular complexity index is 633. The molecule has 1 aromatic rings. The number of fused-ring (bicyclic) bond motifs is 1. The fourth-order valence-electron chi connectivity index (χ4n) is 3.68. The van der Waals surface area contributed by atoms with Crippen LogP contribution in [0.5, 0.6) is 0 Å². The third kappa shape index (κ3) is 3.52. The van der Waals surface area contributed by atoms with Crippen molar-refractivity contribution in [3.05, 3.63) is 35.6 Å². The van der Waals surface area contributed by atoms with E-state index in [0.717, 1.165) is 13.1 Å². The summed E-state index contributed by atoms with van der Waals surface area (Å²) < 4.78 is 13.1. The lowest BCUT2D eigenvalue weighted by atomic mass is 10.1. The van der Waals surface area contributed by atoms with Crippen molar-refractivity contribution in [2.75, 3.05) is 26.2 Å². The maximum atomic E-state index is 13.1. The van der Waals surface area contributed by atoms with Gasteiger partial charge in [-0.3, -0.25) is 4.79 Å². The number of hydrogen-bond acceptors (Lipinski definition) is 2. The van der Waals surface area contributed by atoms with E-state index in [9.17, 15) is 14.0 Å². The molecule has 2 atom stereocenters. The van der Waals surface area contributed by atoms with Crippen molar-refractivity contribution in [2.45, 2.75) is 20.3 Å². The molecule has 2 N–H and O–H groups in total. The van der Waals surface area contributed by atoms with E-state index in [4.69, 9.17) is 0 Å². The molecule has 0 bridgehead atoms. The molecule has 0 aromatic heterocycles. The Morgan fingerprint density at radius 3 is 2.54 bits per heavy atom. The molecule has 0 unspecified atom stereocenters. The number of urea groups is 1. The van der Waals surface area contributed by atoms with Crippen LogP contribution in [0.4, 0.5) is 9.18 Å². The molecule has 1 saturated carbocycles. The molecule has 2 fully saturated rings. The van der Waals surface area contributed by atoms with Crippen molar-refractivity contribution >= 4 is 11.9 Å². The lowest BCUT2D eigenvalue weighted by Crippen LogP contribution is -2.43. The summed E-state index contributed by atoms with van der Waals surface area (Å²) in [5.41, 5.74) is 1.03. The molecule has 1 aliphatic heterocycles. The predicted octanol–water partition coefficient (Wildman–Crippen LogP) is 1.78. The number of benzene rings is 1. The van der Waals surface area contributed by atoms with Gasteiger partial charge in [-0.05, 0) is 34.9 Å². The van der Waals surface area contributed by atoms with Crippen LogP contribution in [0.3, 0.4) is 0 Å². The molecule has 130 valence electrons. The zero-order valence-corrected chi connectivity index (χ0v) is 14.1. The number of nitrogens with zero attached hydrogens (tertiary/aromatic N) is 1. The number of rotatable bonds is 5. The fraction of sp³-hybridized carbons (Fsp3) is 0.556. The lowest BCUT2D eigenvalue weighted by Gasteiger charge is -2.22. The van der Waals surface area contributed by atoms with E-state index in [-0.39, 0.29) is 24.2 Å². The number of amides is 3. The minimum absolute atomic E-state index is 0.0580. The lowest BCUT2D eigenvalue weighted by molar-refractivity contribution is -0.120. The molecule has 5 nitrogen and oxygen atoms in total. The Labute approximate surface area is 141 Å². The second-order valence-corrected chi connectivity index (χ2v) is 7.33. The van der Waals surface area contributed by atoms with Crippen molar-refractivity contribution < 1.29 is 14.0 Å². The van der Waals surface area contributed by atoms with E-state index in [2.05, 4.69) is 24.5 Å². The number of halogens is 1. The average Bonchev–Trinajstić information content (AvgIpc) is 2.90. The normalized spacial score (nSPS) is 23.5. The number of nitrogens with one attached hydrogen (secondary N) is 2. The van der Waals surface area contributed by atoms with Gasteiger partial charge in [-0.25, -0.2) is 9.18 Å². The zero-order chi connectivity index (χ0) is 17.3. The van der Waals surface area contributed by atoms with Crippen LogP contribution in [0, 0.1) is 23.1 Å². The molecule has 6 heteroatoms. The molecule has 24 heavy (non-hydrogen) atoms. The van der Waals surface area contributed by atoms with Crippen molar-refractivity contribution in [1.29, 1.82) is 0 Å². The van der Waals surface area contributed by atoms with E-state index in [1.54, 1.807) is 12.1 Å². The number of likely N-dealkylation sites (tertiary alicyclic amines) is 1. The molecule has 0 spiro atoms. The zero-order valence-electron chi connectivity index (χ0n) is 14.1. The number of piperidine rings is 1. The first-order valence-corrected chi connectivity index (χ1v) is 8.42. The largest absolute Gasteiger partial charge is 0.354 e. The quantitative estimate of drug-likeness (QED) is 0.807. The van der Waals surface area contributed by atoms with Gasteiger partial charge in [0.25, 0.3) is 0 Å². The Kier molecular flexibility index (Phi) is 4.47. The van der Waals surface area contributed by atoms with Crippen LogP contribution in [0.2, 0.25) is 0 Å². The monoisotopic (exact) mass is 333 g/mol. The highest BCUT2D eigenvalue weighted by Crippen LogP contribution is 2.61. The average molecular weight is 333 g/mol. The van der Waals surface area contributed by atoms with Crippen LogP contribution in [0.25, 0.3) is 0 Å². The molecule has 0 radical (unpaired) electrons. The van der Waals surface area contributed by atoms with Crippen LogP contribution in [-0.2, 0) is 11.2 Å². The molecular weight excluding hydrogens is 309 g/mol. The van der Waals surface area contributed by atoms with Crippen LogP contribution >= 0.6 is 0 Å². The summed E-state index contributed by atoms with van der Waals surface area (Å²) in [5.74, 6) is 0.738. The molecule has 1 aromatic carbocycles. The first-order valence-electron chi connectivity index (χ1n) is 8.42. The summed E-state index contributed by atoms with van der Waals surface area (Å²) in [7, 11) is 0. The third-order valence-electron chi connectivity index (χ3n) is 5.39. The molecule has 3 rings (SSSR count). The standard InChI is InChI=1S/C18H24FN3O2/c1-18(2)14-10-22(11-15(14)18)17(24)21-7-6-20-16(23)9-12-4-3-5-13(19)8-12/h3-5,8,14-15H,6-7,9-11H2,1-2H3,(H,20,23)(H,21,24)/t14-,15-/m1/s1. The second kappa shape index (κ2) is 6.42. The first-order chi connectivity index (χ1) is 11.4. The Hall–Kier alpha value is -2.11. The van der Waals surface area contributed by atoms with Gasteiger partial charge in [-0.2, -0.15) is 0 Å². The summed E-state index contributed by atoms with van der Waals surface area (Å²) in [6, 6.07) is 5.93.